The van der Waals surface area contributed by atoms with Gasteiger partial charge in [-0.05, 0) is 54.8 Å². The Balaban J connectivity index is 1.54. The summed E-state index contributed by atoms with van der Waals surface area (Å²) in [5, 5.41) is 40.1. The van der Waals surface area contributed by atoms with E-state index >= 15 is 0 Å². The summed E-state index contributed by atoms with van der Waals surface area (Å²) < 4.78 is 42.2. The Bertz CT molecular complexity index is 2590. The van der Waals surface area contributed by atoms with E-state index < -0.39 is 132 Å². The first-order valence-electron chi connectivity index (χ1n) is 19.9. The zero-order valence-electron chi connectivity index (χ0n) is 35.0. The topological polar surface area (TPSA) is 362 Å². The minimum absolute atomic E-state index is 0.178. The monoisotopic (exact) mass is 938 g/mol. The van der Waals surface area contributed by atoms with Gasteiger partial charge in [-0.1, -0.05) is 48.0 Å². The molecule has 0 aliphatic heterocycles. The molecular weight excluding hydrogens is 892 g/mol. The zero-order valence-corrected chi connectivity index (χ0v) is 35.9. The van der Waals surface area contributed by atoms with Gasteiger partial charge in [0.2, 0.25) is 45.5 Å². The number of fused-ring (bicyclic) bond motifs is 1. The minimum atomic E-state index is -4.52. The van der Waals surface area contributed by atoms with Gasteiger partial charge in [-0.25, -0.2) is 12.8 Å². The van der Waals surface area contributed by atoms with Crippen LogP contribution in [0.15, 0.2) is 83.9 Å². The van der Waals surface area contributed by atoms with Crippen LogP contribution < -0.4 is 37.0 Å². The van der Waals surface area contributed by atoms with Gasteiger partial charge in [-0.15, -0.1) is 0 Å². The number of rotatable bonds is 25. The number of carboxylic acids is 3. The minimum Gasteiger partial charge on any atom is -0.481 e. The molecule has 0 unspecified atom stereocenters. The third-order valence-electron chi connectivity index (χ3n) is 9.78. The number of nitrogens with one attached hydrogen (secondary N) is 7. The number of H-pyrrole nitrogens is 1. The highest BCUT2D eigenvalue weighted by Crippen LogP contribution is 2.20. The molecule has 0 fully saturated rings. The second-order valence-corrected chi connectivity index (χ2v) is 16.7. The molecule has 0 saturated heterocycles. The van der Waals surface area contributed by atoms with Crippen molar-refractivity contribution in [2.75, 3.05) is 6.54 Å². The molecule has 24 heteroatoms. The number of carboxylic acid groups (broad SMARTS) is 3. The van der Waals surface area contributed by atoms with Crippen LogP contribution in [0, 0.1) is 12.7 Å². The number of sulfonamides is 1. The highest BCUT2D eigenvalue weighted by Gasteiger charge is 2.34. The zero-order chi connectivity index (χ0) is 48.7. The number of aryl methyl sites for hydroxylation is 1. The summed E-state index contributed by atoms with van der Waals surface area (Å²) in [6.07, 6.45) is -2.25. The number of halogens is 1. The van der Waals surface area contributed by atoms with Crippen LogP contribution in [0.25, 0.3) is 10.9 Å². The maximum absolute atomic E-state index is 14.3. The van der Waals surface area contributed by atoms with Crippen LogP contribution in [0.3, 0.4) is 0 Å². The lowest BCUT2D eigenvalue weighted by Crippen LogP contribution is -2.58. The molecule has 4 aromatic rings. The predicted molar refractivity (Wildman–Crippen MR) is 229 cm³/mol. The Morgan fingerprint density at radius 3 is 1.89 bits per heavy atom. The van der Waals surface area contributed by atoms with E-state index in [1.54, 1.807) is 37.4 Å². The number of primary amides is 1. The summed E-state index contributed by atoms with van der Waals surface area (Å²) in [4.78, 5) is 117. The molecule has 0 aliphatic rings. The van der Waals surface area contributed by atoms with Crippen molar-refractivity contribution in [2.45, 2.75) is 80.6 Å². The number of benzene rings is 3. The standard InChI is InChI=1S/C42H47FN8O14S/c1-22-9-11-26(12-10-22)66(64,65)51-33(19-37(57)58)42(63)50-32(18-36(55)56)39(60)46-21-34(52)47-30(16-23-5-4-6-25(43)15-23)40(61)49-31(17-24-20-45-28-8-3-2-7-27(24)28)41(62)48-29(38(44)59)13-14-35(53)54/h2-12,15,20,29-33,45,51H,13-14,16-19,21H2,1H3,(H2,44,59)(H,46,60)(H,47,52)(H,48,62)(H,49,61)(H,50,63)(H,53,54)(H,55,56)(H,57,58)/t29-,30-,31-,32-,33+/m0/s1. The summed E-state index contributed by atoms with van der Waals surface area (Å²) in [7, 11) is -4.52. The normalized spacial score (nSPS) is 13.5. The molecular formula is C42H47FN8O14S. The van der Waals surface area contributed by atoms with Crippen molar-refractivity contribution >= 4 is 74.3 Å². The average molecular weight is 939 g/mol. The van der Waals surface area contributed by atoms with Crippen molar-refractivity contribution in [3.63, 3.8) is 0 Å². The molecule has 66 heavy (non-hydrogen) atoms. The molecule has 352 valence electrons. The lowest BCUT2D eigenvalue weighted by Gasteiger charge is -2.25. The lowest BCUT2D eigenvalue weighted by molar-refractivity contribution is -0.142. The fourth-order valence-corrected chi connectivity index (χ4v) is 7.66. The molecule has 5 atom stereocenters. The van der Waals surface area contributed by atoms with Gasteiger partial charge in [0, 0.05) is 36.4 Å². The number of para-hydroxylation sites is 1. The Morgan fingerprint density at radius 2 is 1.27 bits per heavy atom. The molecule has 0 bridgehead atoms. The van der Waals surface area contributed by atoms with Gasteiger partial charge in [-0.2, -0.15) is 4.72 Å². The van der Waals surface area contributed by atoms with Gasteiger partial charge in [0.05, 0.1) is 24.3 Å². The van der Waals surface area contributed by atoms with Gasteiger partial charge in [-0.3, -0.25) is 43.2 Å². The van der Waals surface area contributed by atoms with Crippen molar-refractivity contribution in [2.24, 2.45) is 5.73 Å². The maximum atomic E-state index is 14.3. The lowest BCUT2D eigenvalue weighted by atomic mass is 10.0. The maximum Gasteiger partial charge on any atom is 0.305 e. The van der Waals surface area contributed by atoms with E-state index in [4.69, 9.17) is 10.8 Å². The summed E-state index contributed by atoms with van der Waals surface area (Å²) in [6, 6.07) is 8.48. The molecule has 4 rings (SSSR count). The fraction of sp³-hybridized carbons (Fsp3) is 0.310. The molecule has 0 spiro atoms. The summed E-state index contributed by atoms with van der Waals surface area (Å²) in [5.41, 5.74) is 7.48. The first-order valence-corrected chi connectivity index (χ1v) is 21.4. The number of carbonyl (C=O) groups is 9. The number of hydrogen-bond acceptors (Lipinski definition) is 11. The van der Waals surface area contributed by atoms with Gasteiger partial charge < -0.3 is 52.6 Å². The van der Waals surface area contributed by atoms with Gasteiger partial charge in [0.1, 0.15) is 36.0 Å². The molecule has 12 N–H and O–H groups in total. The third-order valence-corrected chi connectivity index (χ3v) is 11.3. The van der Waals surface area contributed by atoms with Crippen molar-refractivity contribution < 1.29 is 71.3 Å². The third kappa shape index (κ3) is 15.5. The Kier molecular flexibility index (Phi) is 18.0. The van der Waals surface area contributed by atoms with E-state index in [1.165, 1.54) is 36.4 Å². The largest absolute Gasteiger partial charge is 0.481 e. The van der Waals surface area contributed by atoms with E-state index in [0.29, 0.717) is 22.0 Å². The Labute approximate surface area is 375 Å². The second kappa shape index (κ2) is 23.3. The van der Waals surface area contributed by atoms with E-state index in [0.717, 1.165) is 12.1 Å². The van der Waals surface area contributed by atoms with Gasteiger partial charge >= 0.3 is 17.9 Å². The number of aromatic amines is 1. The van der Waals surface area contributed by atoms with E-state index in [2.05, 4.69) is 26.3 Å². The number of hydrogen-bond donors (Lipinski definition) is 11. The van der Waals surface area contributed by atoms with Crippen LogP contribution in [-0.4, -0.2) is 119 Å². The number of aliphatic carboxylic acids is 3. The highest BCUT2D eigenvalue weighted by atomic mass is 32.2. The molecule has 6 amide bonds. The quantitative estimate of drug-likeness (QED) is 0.0384. The first kappa shape index (κ1) is 50.9. The number of carbonyl (C=O) groups excluding carboxylic acids is 6. The number of amides is 6. The smallest absolute Gasteiger partial charge is 0.305 e. The van der Waals surface area contributed by atoms with E-state index in [1.807, 2.05) is 10.0 Å². The summed E-state index contributed by atoms with van der Waals surface area (Å²) in [6.45, 7) is 0.690. The first-order chi connectivity index (χ1) is 31.1. The molecule has 1 aromatic heterocycles. The highest BCUT2D eigenvalue weighted by molar-refractivity contribution is 7.89. The van der Waals surface area contributed by atoms with Crippen LogP contribution >= 0.6 is 0 Å². The van der Waals surface area contributed by atoms with Crippen LogP contribution in [0.4, 0.5) is 4.39 Å². The average Bonchev–Trinajstić information content (AvgIpc) is 3.65. The Hall–Kier alpha value is -7.73. The van der Waals surface area contributed by atoms with E-state index in [9.17, 15) is 66.2 Å². The van der Waals surface area contributed by atoms with Crippen molar-refractivity contribution in [1.82, 2.24) is 36.3 Å². The molecule has 0 aliphatic carbocycles. The molecule has 3 aromatic carbocycles. The molecule has 22 nitrogen and oxygen atoms in total. The molecule has 0 radical (unpaired) electrons. The number of nitrogens with two attached hydrogens (primary N) is 1. The fourth-order valence-electron chi connectivity index (χ4n) is 6.46. The van der Waals surface area contributed by atoms with Crippen molar-refractivity contribution in [3.05, 3.63) is 102 Å². The molecule has 0 saturated carbocycles. The van der Waals surface area contributed by atoms with Crippen molar-refractivity contribution in [1.29, 1.82) is 0 Å². The van der Waals surface area contributed by atoms with Crippen molar-refractivity contribution in [3.8, 4) is 0 Å². The van der Waals surface area contributed by atoms with E-state index in [-0.39, 0.29) is 23.3 Å². The SMILES string of the molecule is Cc1ccc(S(=O)(=O)N[C@H](CC(=O)O)C(=O)N[C@@H](CC(=O)O)C(=O)NCC(=O)N[C@@H](Cc2cccc(F)c2)C(=O)N[C@@H](Cc2c[nH]c3ccccc23)C(=O)N[C@@H](CCC(=O)O)C(N)=O)cc1. The van der Waals surface area contributed by atoms with Gasteiger partial charge in [0.25, 0.3) is 0 Å². The predicted octanol–water partition coefficient (Wildman–Crippen LogP) is -0.897. The van der Waals surface area contributed by atoms with Crippen LogP contribution in [-0.2, 0) is 66.0 Å². The second-order valence-electron chi connectivity index (χ2n) is 14.9. The summed E-state index contributed by atoms with van der Waals surface area (Å²) in [5.74, 6) is -12.1. The van der Waals surface area contributed by atoms with Crippen LogP contribution in [0.1, 0.15) is 42.4 Å². The molecule has 1 heterocycles. The number of aromatic nitrogens is 1. The Morgan fingerprint density at radius 1 is 0.682 bits per heavy atom. The van der Waals surface area contributed by atoms with Crippen LogP contribution in [0.2, 0.25) is 0 Å². The van der Waals surface area contributed by atoms with Crippen LogP contribution in [0.5, 0.6) is 0 Å². The van der Waals surface area contributed by atoms with Gasteiger partial charge in [0.15, 0.2) is 0 Å². The summed E-state index contributed by atoms with van der Waals surface area (Å²) >= 11 is 0.